The highest BCUT2D eigenvalue weighted by atomic mass is 16.7. The lowest BCUT2D eigenvalue weighted by atomic mass is 9.77. The second-order valence-electron chi connectivity index (χ2n) is 6.74. The molecule has 2 heterocycles. The van der Waals surface area contributed by atoms with Gasteiger partial charge in [0, 0.05) is 26.9 Å². The average molecular weight is 318 g/mol. The van der Waals surface area contributed by atoms with Crippen LogP contribution in [-0.2, 0) is 29.2 Å². The Morgan fingerprint density at radius 3 is 2.26 bits per heavy atom. The van der Waals surface area contributed by atoms with E-state index < -0.39 is 11.4 Å². The van der Waals surface area contributed by atoms with Gasteiger partial charge in [-0.3, -0.25) is 9.13 Å². The monoisotopic (exact) mass is 318 g/mol. The zero-order valence-electron chi connectivity index (χ0n) is 13.5. The van der Waals surface area contributed by atoms with E-state index in [1.165, 1.54) is 0 Å². The summed E-state index contributed by atoms with van der Waals surface area (Å²) in [7, 11) is 3.52. The van der Waals surface area contributed by atoms with E-state index >= 15 is 0 Å². The van der Waals surface area contributed by atoms with E-state index in [0.717, 1.165) is 16.6 Å². The Hall–Kier alpha value is -1.63. The number of hydrogen-bond donors (Lipinski definition) is 1. The van der Waals surface area contributed by atoms with Gasteiger partial charge in [0.15, 0.2) is 5.79 Å². The molecule has 4 rings (SSSR count). The van der Waals surface area contributed by atoms with E-state index in [0.29, 0.717) is 38.9 Å². The summed E-state index contributed by atoms with van der Waals surface area (Å²) in [5.74, 6) is -0.490. The van der Waals surface area contributed by atoms with Crippen LogP contribution in [0.4, 0.5) is 0 Å². The van der Waals surface area contributed by atoms with E-state index in [9.17, 15) is 9.90 Å². The fourth-order valence-electron chi connectivity index (χ4n) is 3.92. The molecule has 1 aliphatic carbocycles. The Kier molecular flexibility index (Phi) is 3.20. The summed E-state index contributed by atoms with van der Waals surface area (Å²) >= 11 is 0. The van der Waals surface area contributed by atoms with Crippen molar-refractivity contribution >= 4 is 11.0 Å². The molecule has 2 aromatic rings. The Bertz CT molecular complexity index is 804. The number of ether oxygens (including phenoxy) is 2. The van der Waals surface area contributed by atoms with Crippen LogP contribution in [0.3, 0.4) is 0 Å². The Morgan fingerprint density at radius 2 is 1.61 bits per heavy atom. The van der Waals surface area contributed by atoms with Crippen LogP contribution < -0.4 is 5.69 Å². The molecule has 124 valence electrons. The molecule has 1 saturated heterocycles. The molecule has 23 heavy (non-hydrogen) atoms. The molecular weight excluding hydrogens is 296 g/mol. The normalized spacial score (nSPS) is 22.9. The van der Waals surface area contributed by atoms with Crippen molar-refractivity contribution in [2.45, 2.75) is 37.1 Å². The van der Waals surface area contributed by atoms with Crippen molar-refractivity contribution in [3.8, 4) is 0 Å². The number of aliphatic hydroxyl groups is 1. The van der Waals surface area contributed by atoms with Crippen molar-refractivity contribution in [3.05, 3.63) is 34.2 Å². The molecule has 1 aliphatic heterocycles. The fourth-order valence-corrected chi connectivity index (χ4v) is 3.92. The maximum atomic E-state index is 12.1. The van der Waals surface area contributed by atoms with Gasteiger partial charge in [0.25, 0.3) is 0 Å². The lowest BCUT2D eigenvalue weighted by Gasteiger charge is -2.40. The lowest BCUT2D eigenvalue weighted by Crippen LogP contribution is -2.42. The molecule has 6 nitrogen and oxygen atoms in total. The Balaban J connectivity index is 1.69. The number of rotatable bonds is 1. The highest BCUT2D eigenvalue weighted by Gasteiger charge is 2.46. The van der Waals surface area contributed by atoms with Crippen LogP contribution in [0.2, 0.25) is 0 Å². The molecule has 0 amide bonds. The molecule has 1 N–H and O–H groups in total. The molecule has 6 heteroatoms. The van der Waals surface area contributed by atoms with Crippen LogP contribution in [0.5, 0.6) is 0 Å². The number of fused-ring (bicyclic) bond motifs is 1. The van der Waals surface area contributed by atoms with E-state index in [1.807, 2.05) is 18.2 Å². The summed E-state index contributed by atoms with van der Waals surface area (Å²) in [5, 5.41) is 11.1. The standard InChI is InChI=1S/C17H22N2O4/c1-18-13-4-3-12(11-14(13)19(2)15(18)20)16(21)5-7-17(8-6-16)22-9-10-23-17/h3-4,11,21H,5-10H2,1-2H3. The third-order valence-corrected chi connectivity index (χ3v) is 5.46. The molecule has 2 fully saturated rings. The Labute approximate surface area is 134 Å². The third kappa shape index (κ3) is 2.16. The molecule has 1 aromatic carbocycles. The summed E-state index contributed by atoms with van der Waals surface area (Å²) in [4.78, 5) is 12.1. The number of benzene rings is 1. The van der Waals surface area contributed by atoms with Crippen molar-refractivity contribution in [1.82, 2.24) is 9.13 Å². The first-order valence-corrected chi connectivity index (χ1v) is 8.10. The molecule has 0 radical (unpaired) electrons. The van der Waals surface area contributed by atoms with Gasteiger partial charge in [-0.15, -0.1) is 0 Å². The second-order valence-corrected chi connectivity index (χ2v) is 6.74. The van der Waals surface area contributed by atoms with E-state index in [-0.39, 0.29) is 5.69 Å². The van der Waals surface area contributed by atoms with Crippen LogP contribution in [0.15, 0.2) is 23.0 Å². The van der Waals surface area contributed by atoms with Crippen LogP contribution >= 0.6 is 0 Å². The largest absolute Gasteiger partial charge is 0.385 e. The van der Waals surface area contributed by atoms with Gasteiger partial charge in [-0.1, -0.05) is 6.07 Å². The minimum atomic E-state index is -0.888. The predicted octanol–water partition coefficient (Wildman–Crippen LogP) is 1.38. The summed E-state index contributed by atoms with van der Waals surface area (Å²) in [6.45, 7) is 1.27. The van der Waals surface area contributed by atoms with Gasteiger partial charge < -0.3 is 14.6 Å². The van der Waals surface area contributed by atoms with Gasteiger partial charge in [0.2, 0.25) is 0 Å². The Morgan fingerprint density at radius 1 is 1.00 bits per heavy atom. The van der Waals surface area contributed by atoms with Crippen molar-refractivity contribution < 1.29 is 14.6 Å². The van der Waals surface area contributed by atoms with E-state index in [2.05, 4.69) is 0 Å². The van der Waals surface area contributed by atoms with Crippen molar-refractivity contribution in [2.75, 3.05) is 13.2 Å². The number of hydrogen-bond acceptors (Lipinski definition) is 4. The topological polar surface area (TPSA) is 65.6 Å². The van der Waals surface area contributed by atoms with Crippen molar-refractivity contribution in [3.63, 3.8) is 0 Å². The maximum Gasteiger partial charge on any atom is 0.328 e. The zero-order chi connectivity index (χ0) is 16.2. The summed E-state index contributed by atoms with van der Waals surface area (Å²) in [5.41, 5.74) is 1.64. The van der Waals surface area contributed by atoms with Gasteiger partial charge in [0.1, 0.15) is 0 Å². The first kappa shape index (κ1) is 14.9. The van der Waals surface area contributed by atoms with Gasteiger partial charge in [-0.25, -0.2) is 4.79 Å². The molecule has 0 atom stereocenters. The number of nitrogens with zero attached hydrogens (tertiary/aromatic N) is 2. The average Bonchev–Trinajstić information content (AvgIpc) is 3.11. The first-order chi connectivity index (χ1) is 10.9. The highest BCUT2D eigenvalue weighted by Crippen LogP contribution is 2.45. The fraction of sp³-hybridized carbons (Fsp3) is 0.588. The van der Waals surface area contributed by atoms with Gasteiger partial charge in [-0.05, 0) is 30.5 Å². The van der Waals surface area contributed by atoms with E-state index in [1.54, 1.807) is 23.2 Å². The second kappa shape index (κ2) is 4.93. The quantitative estimate of drug-likeness (QED) is 0.863. The predicted molar refractivity (Wildman–Crippen MR) is 85.2 cm³/mol. The number of imidazole rings is 1. The van der Waals surface area contributed by atoms with Gasteiger partial charge in [0.05, 0.1) is 29.8 Å². The summed E-state index contributed by atoms with van der Waals surface area (Å²) in [6, 6.07) is 5.78. The third-order valence-electron chi connectivity index (χ3n) is 5.46. The van der Waals surface area contributed by atoms with Crippen LogP contribution in [-0.4, -0.2) is 33.2 Å². The zero-order valence-corrected chi connectivity index (χ0v) is 13.5. The first-order valence-electron chi connectivity index (χ1n) is 8.10. The molecular formula is C17H22N2O4. The molecule has 0 bridgehead atoms. The summed E-state index contributed by atoms with van der Waals surface area (Å²) < 4.78 is 14.7. The minimum Gasteiger partial charge on any atom is -0.385 e. The van der Waals surface area contributed by atoms with Crippen LogP contribution in [0.25, 0.3) is 11.0 Å². The van der Waals surface area contributed by atoms with Crippen LogP contribution in [0.1, 0.15) is 31.2 Å². The maximum absolute atomic E-state index is 12.1. The number of aromatic nitrogens is 2. The smallest absolute Gasteiger partial charge is 0.328 e. The van der Waals surface area contributed by atoms with Gasteiger partial charge in [-0.2, -0.15) is 0 Å². The lowest BCUT2D eigenvalue weighted by molar-refractivity contribution is -0.204. The van der Waals surface area contributed by atoms with Crippen molar-refractivity contribution in [2.24, 2.45) is 14.1 Å². The molecule has 0 unspecified atom stereocenters. The van der Waals surface area contributed by atoms with Crippen LogP contribution in [0, 0.1) is 0 Å². The van der Waals surface area contributed by atoms with Crippen molar-refractivity contribution in [1.29, 1.82) is 0 Å². The summed E-state index contributed by atoms with van der Waals surface area (Å²) in [6.07, 6.45) is 2.57. The molecule has 2 aliphatic rings. The van der Waals surface area contributed by atoms with Gasteiger partial charge >= 0.3 is 5.69 Å². The SMILES string of the molecule is Cn1c(=O)n(C)c2cc(C3(O)CCC4(CC3)OCCO4)ccc21. The molecule has 1 spiro atoms. The minimum absolute atomic E-state index is 0.0560. The highest BCUT2D eigenvalue weighted by molar-refractivity contribution is 5.77. The number of aryl methyl sites for hydroxylation is 2. The molecule has 1 saturated carbocycles. The van der Waals surface area contributed by atoms with E-state index in [4.69, 9.17) is 9.47 Å². The molecule has 1 aromatic heterocycles.